The van der Waals surface area contributed by atoms with E-state index in [1.807, 2.05) is 0 Å². The minimum atomic E-state index is -1.96. The third-order valence-corrected chi connectivity index (χ3v) is 0.529. The van der Waals surface area contributed by atoms with Crippen molar-refractivity contribution in [2.45, 2.75) is 5.54 Å². The minimum Gasteiger partial charge on any atom is -0.289 e. The molecule has 0 saturated heterocycles. The number of nitriles is 3. The predicted molar refractivity (Wildman–Crippen MR) is 23.8 cm³/mol. The molecule has 0 spiro atoms. The van der Waals surface area contributed by atoms with Gasteiger partial charge in [-0.2, -0.15) is 15.8 Å². The summed E-state index contributed by atoms with van der Waals surface area (Å²) >= 11 is 0. The smallest absolute Gasteiger partial charge is 0.277 e. The third-order valence-electron chi connectivity index (χ3n) is 0.529. The molecule has 0 atom stereocenters. The largest absolute Gasteiger partial charge is 0.289 e. The van der Waals surface area contributed by atoms with E-state index in [4.69, 9.17) is 21.5 Å². The number of rotatable bonds is 0. The van der Waals surface area contributed by atoms with Crippen LogP contribution in [0.3, 0.4) is 0 Å². The van der Waals surface area contributed by atoms with Gasteiger partial charge in [-0.15, -0.1) is 0 Å². The van der Waals surface area contributed by atoms with Crippen molar-refractivity contribution < 1.29 is 0 Å². The predicted octanol–water partition coefficient (Wildman–Crippen LogP) is -0.745. The molecule has 0 aromatic heterocycles. The molecule has 4 nitrogen and oxygen atoms in total. The molecule has 0 aliphatic heterocycles. The summed E-state index contributed by atoms with van der Waals surface area (Å²) in [6.45, 7) is 0. The van der Waals surface area contributed by atoms with Gasteiger partial charge in [0.15, 0.2) is 0 Å². The Morgan fingerprint density at radius 2 is 1.25 bits per heavy atom. The maximum Gasteiger partial charge on any atom is 0.277 e. The Labute approximate surface area is 46.4 Å². The Kier molecular flexibility index (Phi) is 1.55. The first-order valence-corrected chi connectivity index (χ1v) is 1.71. The van der Waals surface area contributed by atoms with Crippen molar-refractivity contribution in [2.75, 3.05) is 0 Å². The summed E-state index contributed by atoms with van der Waals surface area (Å²) < 4.78 is 0. The van der Waals surface area contributed by atoms with Gasteiger partial charge in [0, 0.05) is 0 Å². The summed E-state index contributed by atoms with van der Waals surface area (Å²) in [5, 5.41) is 23.9. The summed E-state index contributed by atoms with van der Waals surface area (Å²) in [5.41, 5.74) is 2.85. The molecule has 4 heteroatoms. The van der Waals surface area contributed by atoms with Crippen molar-refractivity contribution in [2.24, 2.45) is 5.73 Å². The SMILES string of the molecule is N#CC(N)(C#N)C#N. The molecule has 0 heterocycles. The Bertz CT molecular complexity index is 162. The van der Waals surface area contributed by atoms with Crippen molar-refractivity contribution in [3.8, 4) is 18.2 Å². The first kappa shape index (κ1) is 6.43. The molecule has 0 aromatic carbocycles. The standard InChI is InChI=1S/C4H2N4/c5-1-4(8,2-6)3-7/h8H2. The summed E-state index contributed by atoms with van der Waals surface area (Å²) in [6.07, 6.45) is 0. The van der Waals surface area contributed by atoms with Gasteiger partial charge in [0.05, 0.1) is 0 Å². The molecule has 0 radical (unpaired) electrons. The van der Waals surface area contributed by atoms with Crippen LogP contribution in [0.25, 0.3) is 0 Å². The second-order valence-electron chi connectivity index (χ2n) is 1.14. The van der Waals surface area contributed by atoms with E-state index < -0.39 is 5.54 Å². The average molecular weight is 106 g/mol. The summed E-state index contributed by atoms with van der Waals surface area (Å²) in [7, 11) is 0. The first-order chi connectivity index (χ1) is 3.68. The van der Waals surface area contributed by atoms with Crippen LogP contribution in [0, 0.1) is 34.0 Å². The van der Waals surface area contributed by atoms with Crippen LogP contribution in [0.1, 0.15) is 0 Å². The average Bonchev–Trinajstić information content (AvgIpc) is 1.87. The fourth-order valence-electron chi connectivity index (χ4n) is 0.0750. The quantitative estimate of drug-likeness (QED) is 0.439. The molecule has 0 bridgehead atoms. The molecular formula is C4H2N4. The normalized spacial score (nSPS) is 8.25. The lowest BCUT2D eigenvalue weighted by Gasteiger charge is -1.94. The van der Waals surface area contributed by atoms with Gasteiger partial charge in [0.1, 0.15) is 18.2 Å². The van der Waals surface area contributed by atoms with Crippen LogP contribution in [-0.4, -0.2) is 5.54 Å². The lowest BCUT2D eigenvalue weighted by atomic mass is 10.1. The van der Waals surface area contributed by atoms with Crippen LogP contribution >= 0.6 is 0 Å². The second-order valence-corrected chi connectivity index (χ2v) is 1.14. The molecule has 0 amide bonds. The molecular weight excluding hydrogens is 104 g/mol. The lowest BCUT2D eigenvalue weighted by molar-refractivity contribution is 0.872. The third kappa shape index (κ3) is 0.944. The molecule has 38 valence electrons. The van der Waals surface area contributed by atoms with Crippen LogP contribution in [-0.2, 0) is 0 Å². The van der Waals surface area contributed by atoms with E-state index >= 15 is 0 Å². The van der Waals surface area contributed by atoms with E-state index in [9.17, 15) is 0 Å². The Balaban J connectivity index is 4.42. The molecule has 0 aliphatic rings. The maximum absolute atomic E-state index is 7.97. The van der Waals surface area contributed by atoms with E-state index in [2.05, 4.69) is 0 Å². The molecule has 0 rings (SSSR count). The van der Waals surface area contributed by atoms with Crippen LogP contribution in [0.15, 0.2) is 0 Å². The zero-order chi connectivity index (χ0) is 6.62. The Morgan fingerprint density at radius 1 is 1.00 bits per heavy atom. The maximum atomic E-state index is 7.97. The van der Waals surface area contributed by atoms with Gasteiger partial charge in [-0.3, -0.25) is 5.73 Å². The first-order valence-electron chi connectivity index (χ1n) is 1.71. The molecule has 0 fully saturated rings. The van der Waals surface area contributed by atoms with Gasteiger partial charge in [0.2, 0.25) is 0 Å². The van der Waals surface area contributed by atoms with Crippen molar-refractivity contribution in [1.29, 1.82) is 15.8 Å². The van der Waals surface area contributed by atoms with Crippen LogP contribution < -0.4 is 5.73 Å². The Morgan fingerprint density at radius 3 is 1.25 bits per heavy atom. The molecule has 8 heavy (non-hydrogen) atoms. The minimum absolute atomic E-state index is 1.33. The summed E-state index contributed by atoms with van der Waals surface area (Å²) in [5.74, 6) is 0. The number of nitrogens with two attached hydrogens (primary N) is 1. The van der Waals surface area contributed by atoms with Crippen LogP contribution in [0.2, 0.25) is 0 Å². The van der Waals surface area contributed by atoms with E-state index in [-0.39, 0.29) is 0 Å². The van der Waals surface area contributed by atoms with Crippen molar-refractivity contribution in [3.05, 3.63) is 0 Å². The van der Waals surface area contributed by atoms with Gasteiger partial charge >= 0.3 is 0 Å². The van der Waals surface area contributed by atoms with Gasteiger partial charge in [-0.1, -0.05) is 0 Å². The van der Waals surface area contributed by atoms with Gasteiger partial charge < -0.3 is 0 Å². The highest BCUT2D eigenvalue weighted by Crippen LogP contribution is 1.89. The van der Waals surface area contributed by atoms with Crippen molar-refractivity contribution in [3.63, 3.8) is 0 Å². The number of hydrogen-bond donors (Lipinski definition) is 1. The van der Waals surface area contributed by atoms with E-state index in [1.165, 1.54) is 18.2 Å². The number of hydrogen-bond acceptors (Lipinski definition) is 4. The number of nitrogens with zero attached hydrogens (tertiary/aromatic N) is 3. The fourth-order valence-corrected chi connectivity index (χ4v) is 0.0750. The van der Waals surface area contributed by atoms with E-state index in [0.717, 1.165) is 0 Å². The van der Waals surface area contributed by atoms with E-state index in [0.29, 0.717) is 0 Å². The molecule has 0 aromatic rings. The van der Waals surface area contributed by atoms with Crippen molar-refractivity contribution >= 4 is 0 Å². The highest BCUT2D eigenvalue weighted by atomic mass is 14.7. The molecule has 2 N–H and O–H groups in total. The lowest BCUT2D eigenvalue weighted by Crippen LogP contribution is -2.33. The van der Waals surface area contributed by atoms with E-state index in [1.54, 1.807) is 0 Å². The highest BCUT2D eigenvalue weighted by Gasteiger charge is 2.21. The van der Waals surface area contributed by atoms with Gasteiger partial charge in [0.25, 0.3) is 5.54 Å². The zero-order valence-corrected chi connectivity index (χ0v) is 3.92. The molecule has 0 aliphatic carbocycles. The molecule has 0 unspecified atom stereocenters. The monoisotopic (exact) mass is 106 g/mol. The van der Waals surface area contributed by atoms with Crippen LogP contribution in [0.4, 0.5) is 0 Å². The van der Waals surface area contributed by atoms with Crippen molar-refractivity contribution in [1.82, 2.24) is 0 Å². The molecule has 0 saturated carbocycles. The van der Waals surface area contributed by atoms with Gasteiger partial charge in [-0.05, 0) is 0 Å². The second kappa shape index (κ2) is 1.93. The summed E-state index contributed by atoms with van der Waals surface area (Å²) in [4.78, 5) is 0. The Hall–Kier alpha value is -1.57. The topological polar surface area (TPSA) is 97.4 Å². The van der Waals surface area contributed by atoms with Gasteiger partial charge in [-0.25, -0.2) is 0 Å². The zero-order valence-electron chi connectivity index (χ0n) is 3.92. The highest BCUT2D eigenvalue weighted by molar-refractivity contribution is 5.31. The fraction of sp³-hybridized carbons (Fsp3) is 0.250. The summed E-state index contributed by atoms with van der Waals surface area (Å²) in [6, 6.07) is 4.00. The van der Waals surface area contributed by atoms with Crippen LogP contribution in [0.5, 0.6) is 0 Å².